The first kappa shape index (κ1) is 14.4. The van der Waals surface area contributed by atoms with Gasteiger partial charge >= 0.3 is 12.0 Å². The van der Waals surface area contributed by atoms with Gasteiger partial charge in [-0.1, -0.05) is 19.1 Å². The lowest BCUT2D eigenvalue weighted by Gasteiger charge is -2.30. The van der Waals surface area contributed by atoms with Crippen molar-refractivity contribution in [3.63, 3.8) is 0 Å². The van der Waals surface area contributed by atoms with E-state index in [0.29, 0.717) is 11.6 Å². The molecule has 0 bridgehead atoms. The number of rotatable bonds is 3. The molecule has 5 nitrogen and oxygen atoms in total. The summed E-state index contributed by atoms with van der Waals surface area (Å²) in [4.78, 5) is 24.5. The molecule has 1 heterocycles. The number of aliphatic carboxylic acids is 1. The molecule has 2 amide bonds. The number of hydrogen-bond donors (Lipinski definition) is 2. The monoisotopic (exact) mass is 276 g/mol. The van der Waals surface area contributed by atoms with E-state index in [1.54, 1.807) is 24.3 Å². The fourth-order valence-electron chi connectivity index (χ4n) is 2.46. The molecule has 108 valence electrons. The highest BCUT2D eigenvalue weighted by atomic mass is 16.4. The minimum Gasteiger partial charge on any atom is -0.481 e. The molecule has 1 aromatic carbocycles. The molecule has 0 spiro atoms. The first-order valence-corrected chi connectivity index (χ1v) is 6.91. The van der Waals surface area contributed by atoms with Gasteiger partial charge in [0, 0.05) is 18.8 Å². The minimum atomic E-state index is -0.857. The third kappa shape index (κ3) is 3.98. The molecule has 0 aromatic heterocycles. The van der Waals surface area contributed by atoms with Gasteiger partial charge in [0.15, 0.2) is 0 Å². The van der Waals surface area contributed by atoms with E-state index >= 15 is 0 Å². The van der Waals surface area contributed by atoms with Gasteiger partial charge in [-0.3, -0.25) is 4.79 Å². The summed E-state index contributed by atoms with van der Waals surface area (Å²) >= 11 is 0. The van der Waals surface area contributed by atoms with Crippen molar-refractivity contribution in [1.29, 1.82) is 0 Å². The number of carbonyl (C=O) groups excluding carboxylic acids is 1. The maximum atomic E-state index is 12.1. The Balaban J connectivity index is 1.92. The fraction of sp³-hybridized carbons (Fsp3) is 0.467. The average Bonchev–Trinajstić information content (AvgIpc) is 2.40. The van der Waals surface area contributed by atoms with E-state index in [1.807, 2.05) is 4.90 Å². The Morgan fingerprint density at radius 3 is 2.65 bits per heavy atom. The van der Waals surface area contributed by atoms with Crippen LogP contribution < -0.4 is 5.32 Å². The summed E-state index contributed by atoms with van der Waals surface area (Å²) in [7, 11) is 0. The van der Waals surface area contributed by atoms with Gasteiger partial charge in [-0.05, 0) is 36.5 Å². The lowest BCUT2D eigenvalue weighted by Crippen LogP contribution is -2.41. The van der Waals surface area contributed by atoms with Crippen LogP contribution in [-0.4, -0.2) is 35.1 Å². The standard InChI is InChI=1S/C15H20N2O3/c1-11-3-2-8-17(10-11)15(20)16-13-6-4-12(5-7-13)9-14(18)19/h4-7,11H,2-3,8-10H2,1H3,(H,16,20)(H,18,19). The van der Waals surface area contributed by atoms with Crippen molar-refractivity contribution in [2.75, 3.05) is 18.4 Å². The van der Waals surface area contributed by atoms with Gasteiger partial charge in [0.1, 0.15) is 0 Å². The van der Waals surface area contributed by atoms with E-state index in [4.69, 9.17) is 5.11 Å². The molecular weight excluding hydrogens is 256 g/mol. The van der Waals surface area contributed by atoms with Crippen molar-refractivity contribution in [2.45, 2.75) is 26.2 Å². The number of hydrogen-bond acceptors (Lipinski definition) is 2. The number of nitrogens with zero attached hydrogens (tertiary/aromatic N) is 1. The van der Waals surface area contributed by atoms with Crippen molar-refractivity contribution >= 4 is 17.7 Å². The normalized spacial score (nSPS) is 18.6. The molecule has 2 N–H and O–H groups in total. The van der Waals surface area contributed by atoms with Crippen LogP contribution in [0.1, 0.15) is 25.3 Å². The lowest BCUT2D eigenvalue weighted by molar-refractivity contribution is -0.136. The fourth-order valence-corrected chi connectivity index (χ4v) is 2.46. The van der Waals surface area contributed by atoms with E-state index in [2.05, 4.69) is 12.2 Å². The van der Waals surface area contributed by atoms with Crippen molar-refractivity contribution in [3.05, 3.63) is 29.8 Å². The molecule has 1 unspecified atom stereocenters. The number of urea groups is 1. The van der Waals surface area contributed by atoms with Crippen LogP contribution in [0, 0.1) is 5.92 Å². The second-order valence-electron chi connectivity index (χ2n) is 5.39. The van der Waals surface area contributed by atoms with Crippen molar-refractivity contribution in [2.24, 2.45) is 5.92 Å². The number of anilines is 1. The highest BCUT2D eigenvalue weighted by molar-refractivity contribution is 5.89. The summed E-state index contributed by atoms with van der Waals surface area (Å²) in [5, 5.41) is 11.6. The Labute approximate surface area is 118 Å². The summed E-state index contributed by atoms with van der Waals surface area (Å²) in [5.41, 5.74) is 1.42. The zero-order valence-corrected chi connectivity index (χ0v) is 11.6. The van der Waals surface area contributed by atoms with E-state index in [0.717, 1.165) is 25.1 Å². The van der Waals surface area contributed by atoms with Crippen molar-refractivity contribution in [1.82, 2.24) is 4.90 Å². The van der Waals surface area contributed by atoms with Gasteiger partial charge in [-0.25, -0.2) is 4.79 Å². The number of carbonyl (C=O) groups is 2. The largest absolute Gasteiger partial charge is 0.481 e. The number of piperidine rings is 1. The molecule has 0 aliphatic carbocycles. The topological polar surface area (TPSA) is 69.6 Å². The third-order valence-electron chi connectivity index (χ3n) is 3.50. The number of benzene rings is 1. The molecule has 1 saturated heterocycles. The van der Waals surface area contributed by atoms with Crippen molar-refractivity contribution in [3.8, 4) is 0 Å². The smallest absolute Gasteiger partial charge is 0.321 e. The highest BCUT2D eigenvalue weighted by Gasteiger charge is 2.20. The zero-order chi connectivity index (χ0) is 14.5. The van der Waals surface area contributed by atoms with Gasteiger partial charge in [-0.15, -0.1) is 0 Å². The average molecular weight is 276 g/mol. The van der Waals surface area contributed by atoms with E-state index < -0.39 is 5.97 Å². The van der Waals surface area contributed by atoms with Gasteiger partial charge in [-0.2, -0.15) is 0 Å². The molecule has 2 rings (SSSR count). The van der Waals surface area contributed by atoms with Crippen LogP contribution in [0.2, 0.25) is 0 Å². The van der Waals surface area contributed by atoms with Crippen LogP contribution in [0.5, 0.6) is 0 Å². The van der Waals surface area contributed by atoms with E-state index in [1.165, 1.54) is 6.42 Å². The Morgan fingerprint density at radius 1 is 1.35 bits per heavy atom. The molecule has 0 saturated carbocycles. The van der Waals surface area contributed by atoms with Crippen LogP contribution in [0.4, 0.5) is 10.5 Å². The molecule has 5 heteroatoms. The molecule has 1 aliphatic heterocycles. The third-order valence-corrected chi connectivity index (χ3v) is 3.50. The van der Waals surface area contributed by atoms with Gasteiger partial charge < -0.3 is 15.3 Å². The van der Waals surface area contributed by atoms with Gasteiger partial charge in [0.2, 0.25) is 0 Å². The summed E-state index contributed by atoms with van der Waals surface area (Å²) in [5.74, 6) is -0.309. The number of carboxylic acid groups (broad SMARTS) is 1. The number of carboxylic acids is 1. The molecule has 1 aliphatic rings. The second-order valence-corrected chi connectivity index (χ2v) is 5.39. The van der Waals surface area contributed by atoms with Gasteiger partial charge in [0.05, 0.1) is 6.42 Å². The molecule has 1 aromatic rings. The van der Waals surface area contributed by atoms with Crippen LogP contribution >= 0.6 is 0 Å². The highest BCUT2D eigenvalue weighted by Crippen LogP contribution is 2.17. The first-order chi connectivity index (χ1) is 9.54. The summed E-state index contributed by atoms with van der Waals surface area (Å²) < 4.78 is 0. The van der Waals surface area contributed by atoms with Crippen LogP contribution in [0.3, 0.4) is 0 Å². The zero-order valence-electron chi connectivity index (χ0n) is 11.6. The van der Waals surface area contributed by atoms with E-state index in [-0.39, 0.29) is 12.5 Å². The maximum Gasteiger partial charge on any atom is 0.321 e. The Kier molecular flexibility index (Phi) is 4.61. The van der Waals surface area contributed by atoms with Gasteiger partial charge in [0.25, 0.3) is 0 Å². The first-order valence-electron chi connectivity index (χ1n) is 6.91. The predicted molar refractivity (Wildman–Crippen MR) is 76.8 cm³/mol. The number of amides is 2. The molecule has 20 heavy (non-hydrogen) atoms. The molecule has 0 radical (unpaired) electrons. The summed E-state index contributed by atoms with van der Waals surface area (Å²) in [6, 6.07) is 6.85. The molecule has 1 atom stereocenters. The van der Waals surface area contributed by atoms with Crippen LogP contribution in [0.25, 0.3) is 0 Å². The Bertz CT molecular complexity index is 484. The predicted octanol–water partition coefficient (Wildman–Crippen LogP) is 2.58. The quantitative estimate of drug-likeness (QED) is 0.891. The summed E-state index contributed by atoms with van der Waals surface area (Å²) in [6.45, 7) is 3.75. The van der Waals surface area contributed by atoms with Crippen LogP contribution in [-0.2, 0) is 11.2 Å². The lowest BCUT2D eigenvalue weighted by atomic mass is 10.0. The Hall–Kier alpha value is -2.04. The van der Waals surface area contributed by atoms with E-state index in [9.17, 15) is 9.59 Å². The maximum absolute atomic E-state index is 12.1. The molecule has 1 fully saturated rings. The molecular formula is C15H20N2O3. The van der Waals surface area contributed by atoms with Crippen molar-refractivity contribution < 1.29 is 14.7 Å². The SMILES string of the molecule is CC1CCCN(C(=O)Nc2ccc(CC(=O)O)cc2)C1. The number of nitrogens with one attached hydrogen (secondary N) is 1. The number of likely N-dealkylation sites (tertiary alicyclic amines) is 1. The second kappa shape index (κ2) is 6.41. The Morgan fingerprint density at radius 2 is 2.05 bits per heavy atom. The van der Waals surface area contributed by atoms with Crippen LogP contribution in [0.15, 0.2) is 24.3 Å². The summed E-state index contributed by atoms with van der Waals surface area (Å²) in [6.07, 6.45) is 2.22. The minimum absolute atomic E-state index is 0.00212.